The third-order valence-corrected chi connectivity index (χ3v) is 18.4. The van der Waals surface area contributed by atoms with Crippen molar-refractivity contribution in [3.63, 3.8) is 0 Å². The van der Waals surface area contributed by atoms with E-state index in [9.17, 15) is 28.8 Å². The Morgan fingerprint density at radius 3 is 0.609 bits per heavy atom. The summed E-state index contributed by atoms with van der Waals surface area (Å²) >= 11 is 0. The highest BCUT2D eigenvalue weighted by molar-refractivity contribution is 6.18. The number of carbonyl (C=O) groups is 6. The largest absolute Gasteiger partial charge is 0.353 e. The number of nitrogens with zero attached hydrogens (tertiary/aromatic N) is 12. The topological polar surface area (TPSA) is 271 Å². The fourth-order valence-corrected chi connectivity index (χ4v) is 13.2. The van der Waals surface area contributed by atoms with Crippen LogP contribution in [0.1, 0.15) is 308 Å². The van der Waals surface area contributed by atoms with Crippen LogP contribution in [0.4, 0.5) is 103 Å². The van der Waals surface area contributed by atoms with Gasteiger partial charge in [0.25, 0.3) is 35.4 Å². The maximum Gasteiger partial charge on any atom is 0.262 e. The van der Waals surface area contributed by atoms with Crippen LogP contribution in [0.5, 0.6) is 0 Å². The number of para-hydroxylation sites is 12. The molecule has 24 heteroatoms. The molecule has 12 heterocycles. The van der Waals surface area contributed by atoms with Crippen LogP contribution in [0, 0.1) is 0 Å². The number of nitrogens with one attached hydrogen (secondary N) is 6. The van der Waals surface area contributed by atoms with E-state index in [1.807, 2.05) is 282 Å². The SMILES string of the molecule is CC.CC.CC.CC.CC.CC.CCC.CCC.CCC.CCC.CCC.CCC.CCN1C(=O)c2cccnc2Nc2ccccc21.CCN1C(=O)c2cccnc2Nc2ccccc21.CCN1C(=O)c2ccncc2Nc2ccccc21.CCN1C(=O)c2ccncc2Nc2ccccc21.CCN1C(=O)c2cnccc2Nc2ccccc21.CCN1C(=O)c2cnccc2Nc2ccccc21. The number of pyridine rings is 6. The van der Waals surface area contributed by atoms with Crippen LogP contribution < -0.4 is 61.3 Å². The molecule has 0 unspecified atom stereocenters. The molecule has 138 heavy (non-hydrogen) atoms. The van der Waals surface area contributed by atoms with Gasteiger partial charge in [-0.25, -0.2) is 9.97 Å². The highest BCUT2D eigenvalue weighted by Crippen LogP contribution is 2.41. The first-order chi connectivity index (χ1) is 67.3. The molecule has 12 aromatic rings. The first-order valence-corrected chi connectivity index (χ1v) is 50.1. The molecule has 0 fully saturated rings. The van der Waals surface area contributed by atoms with Crippen LogP contribution in [0.15, 0.2) is 256 Å². The summed E-state index contributed by atoms with van der Waals surface area (Å²) in [6.07, 6.45) is 24.1. The Labute approximate surface area is 828 Å². The number of anilines is 18. The highest BCUT2D eigenvalue weighted by Gasteiger charge is 2.32. The van der Waals surface area contributed by atoms with Crippen LogP contribution in [0.2, 0.25) is 0 Å². The predicted molar refractivity (Wildman–Crippen MR) is 592 cm³/mol. The Bertz CT molecular complexity index is 4610. The summed E-state index contributed by atoms with van der Waals surface area (Å²) in [6, 6.07) is 61.0. The van der Waals surface area contributed by atoms with Gasteiger partial charge < -0.3 is 61.3 Å². The molecule has 18 rings (SSSR count). The lowest BCUT2D eigenvalue weighted by molar-refractivity contribution is 0.0981. The zero-order valence-electron chi connectivity index (χ0n) is 88.6. The first-order valence-electron chi connectivity index (χ1n) is 50.1. The summed E-state index contributed by atoms with van der Waals surface area (Å²) in [5.41, 5.74) is 17.8. The molecular weight excluding hydrogens is 1720 g/mol. The van der Waals surface area contributed by atoms with Gasteiger partial charge in [-0.3, -0.25) is 48.7 Å². The van der Waals surface area contributed by atoms with E-state index < -0.39 is 0 Å². The standard InChI is InChI=1S/6C14H13N3O.6C3H8.6C2H6/c2*1-2-17-12-8-4-3-7-11(12)16-13-10(14(17)18)6-5-9-15-13;2*1-2-17-13-6-4-3-5-12(13)16-11-7-8-15-9-10(11)14(17)18;2*1-2-17-13-6-4-3-5-11(13)16-12-9-15-8-7-10(12)14(17)18;6*1-3-2;6*1-2/h2*3-9H,2H2,1H3,(H,15,16);4*3-9,16H,2H2,1H3;6*3H2,1-2H3;6*1-2H3. The van der Waals surface area contributed by atoms with Crippen LogP contribution in [-0.2, 0) is 0 Å². The summed E-state index contributed by atoms with van der Waals surface area (Å²) < 4.78 is 0. The lowest BCUT2D eigenvalue weighted by atomic mass is 10.2. The quantitative estimate of drug-likeness (QED) is 0.0903. The minimum absolute atomic E-state index is 0.00681. The van der Waals surface area contributed by atoms with E-state index in [0.717, 1.165) is 91.0 Å². The molecule has 0 aliphatic carbocycles. The van der Waals surface area contributed by atoms with E-state index in [1.165, 1.54) is 38.5 Å². The van der Waals surface area contributed by atoms with Crippen molar-refractivity contribution in [1.82, 2.24) is 29.9 Å². The number of hydrogen-bond acceptors (Lipinski definition) is 18. The van der Waals surface area contributed by atoms with Crippen molar-refractivity contribution >= 4 is 138 Å². The molecule has 6 aromatic heterocycles. The summed E-state index contributed by atoms with van der Waals surface area (Å²) in [5.74, 6) is 1.18. The highest BCUT2D eigenvalue weighted by atomic mass is 16.2. The molecule has 744 valence electrons. The lowest BCUT2D eigenvalue weighted by Gasteiger charge is -2.20. The van der Waals surface area contributed by atoms with E-state index in [-0.39, 0.29) is 35.4 Å². The molecule has 6 aliphatic rings. The van der Waals surface area contributed by atoms with Gasteiger partial charge in [-0.1, -0.05) is 277 Å². The van der Waals surface area contributed by atoms with Gasteiger partial charge in [0.05, 0.1) is 137 Å². The monoisotopic (exact) mass is 1880 g/mol. The van der Waals surface area contributed by atoms with Gasteiger partial charge in [0.15, 0.2) is 0 Å². The maximum atomic E-state index is 12.5. The van der Waals surface area contributed by atoms with Gasteiger partial charge in [0.2, 0.25) is 0 Å². The van der Waals surface area contributed by atoms with E-state index in [4.69, 9.17) is 0 Å². The Kier molecular flexibility index (Phi) is 63.0. The minimum atomic E-state index is -0.0157. The Hall–Kier alpha value is -14.2. The molecule has 24 nitrogen and oxygen atoms in total. The second kappa shape index (κ2) is 71.4. The lowest BCUT2D eigenvalue weighted by Crippen LogP contribution is -2.29. The molecule has 6 amide bonds. The van der Waals surface area contributed by atoms with E-state index in [2.05, 4.69) is 145 Å². The van der Waals surface area contributed by atoms with Gasteiger partial charge in [-0.05, 0) is 163 Å². The summed E-state index contributed by atoms with van der Waals surface area (Å²) in [5, 5.41) is 19.6. The molecule has 0 saturated heterocycles. The number of amides is 6. The third-order valence-electron chi connectivity index (χ3n) is 18.4. The van der Waals surface area contributed by atoms with E-state index in [0.29, 0.717) is 84.3 Å². The third kappa shape index (κ3) is 34.9. The number of carbonyl (C=O) groups excluding carboxylic acids is 6. The average molecular weight is 1880 g/mol. The molecule has 0 spiro atoms. The van der Waals surface area contributed by atoms with E-state index >= 15 is 0 Å². The van der Waals surface area contributed by atoms with Crippen molar-refractivity contribution in [2.24, 2.45) is 0 Å². The van der Waals surface area contributed by atoms with Gasteiger partial charge >= 0.3 is 0 Å². The van der Waals surface area contributed by atoms with Crippen molar-refractivity contribution in [3.05, 3.63) is 289 Å². The number of hydrogen-bond donors (Lipinski definition) is 6. The summed E-state index contributed by atoms with van der Waals surface area (Å²) in [6.45, 7) is 65.1. The van der Waals surface area contributed by atoms with Crippen LogP contribution >= 0.6 is 0 Å². The first kappa shape index (κ1) is 122. The van der Waals surface area contributed by atoms with Crippen LogP contribution in [0.25, 0.3) is 0 Å². The van der Waals surface area contributed by atoms with Gasteiger partial charge in [0, 0.05) is 88.8 Å². The Morgan fingerprint density at radius 1 is 0.188 bits per heavy atom. The summed E-state index contributed by atoms with van der Waals surface area (Å²) in [4.78, 5) is 110. The number of aromatic nitrogens is 6. The Morgan fingerprint density at radius 2 is 0.377 bits per heavy atom. The zero-order valence-corrected chi connectivity index (χ0v) is 88.6. The molecule has 6 aromatic carbocycles. The second-order valence-corrected chi connectivity index (χ2v) is 28.9. The van der Waals surface area contributed by atoms with Crippen molar-refractivity contribution in [3.8, 4) is 0 Å². The number of benzene rings is 6. The molecular formula is C114H162N18O6. The number of fused-ring (bicyclic) bond motifs is 12. The molecule has 6 aliphatic heterocycles. The molecule has 6 N–H and O–H groups in total. The molecule has 0 saturated carbocycles. The summed E-state index contributed by atoms with van der Waals surface area (Å²) in [7, 11) is 0. The van der Waals surface area contributed by atoms with E-state index in [1.54, 1.807) is 128 Å². The Balaban J connectivity index is 0.000000782. The molecule has 0 radical (unpaired) electrons. The van der Waals surface area contributed by atoms with Crippen molar-refractivity contribution in [1.29, 1.82) is 0 Å². The normalized spacial score (nSPS) is 11.5. The molecule has 0 bridgehead atoms. The zero-order chi connectivity index (χ0) is 103. The average Bonchev–Trinajstić information content (AvgIpc) is 1.70. The van der Waals surface area contributed by atoms with Crippen molar-refractivity contribution in [2.45, 2.75) is 246 Å². The smallest absolute Gasteiger partial charge is 0.262 e. The van der Waals surface area contributed by atoms with Gasteiger partial charge in [-0.2, -0.15) is 0 Å². The predicted octanol–water partition coefficient (Wildman–Crippen LogP) is 31.5. The van der Waals surface area contributed by atoms with Gasteiger partial charge in [0.1, 0.15) is 11.6 Å². The second-order valence-electron chi connectivity index (χ2n) is 28.9. The maximum absolute atomic E-state index is 12.5. The van der Waals surface area contributed by atoms with Gasteiger partial charge in [-0.15, -0.1) is 0 Å². The minimum Gasteiger partial charge on any atom is -0.353 e. The van der Waals surface area contributed by atoms with Crippen molar-refractivity contribution in [2.75, 3.05) is 101 Å². The van der Waals surface area contributed by atoms with Crippen LogP contribution in [-0.4, -0.2) is 105 Å². The number of rotatable bonds is 6. The van der Waals surface area contributed by atoms with Crippen molar-refractivity contribution < 1.29 is 28.8 Å². The fourth-order valence-electron chi connectivity index (χ4n) is 13.2. The van der Waals surface area contributed by atoms with Crippen LogP contribution in [0.3, 0.4) is 0 Å². The molecule has 0 atom stereocenters. The fraction of sp³-hybridized carbons (Fsp3) is 0.368.